The van der Waals surface area contributed by atoms with Gasteiger partial charge in [0.25, 0.3) is 0 Å². The fourth-order valence-corrected chi connectivity index (χ4v) is 0.920. The molecule has 0 radical (unpaired) electrons. The molecule has 0 saturated carbocycles. The van der Waals surface area contributed by atoms with Crippen molar-refractivity contribution in [1.82, 2.24) is 9.66 Å². The van der Waals surface area contributed by atoms with E-state index in [0.717, 1.165) is 4.68 Å². The lowest BCUT2D eigenvalue weighted by molar-refractivity contribution is 0.859. The average molecular weight is 222 g/mol. The average Bonchev–Trinajstić information content (AvgIpc) is 1.84. The third kappa shape index (κ3) is 1.27. The van der Waals surface area contributed by atoms with E-state index >= 15 is 0 Å². The summed E-state index contributed by atoms with van der Waals surface area (Å²) < 4.78 is 1.87. The Morgan fingerprint density at radius 1 is 1.80 bits per heavy atom. The lowest BCUT2D eigenvalue weighted by Gasteiger charge is -1.95. The summed E-state index contributed by atoms with van der Waals surface area (Å²) in [6.45, 7) is 0. The number of hydrogen-bond donors (Lipinski definition) is 2. The van der Waals surface area contributed by atoms with Crippen molar-refractivity contribution in [3.05, 3.63) is 25.8 Å². The predicted octanol–water partition coefficient (Wildman–Crippen LogP) is 0.382. The van der Waals surface area contributed by atoms with Crippen molar-refractivity contribution in [3.8, 4) is 0 Å². The summed E-state index contributed by atoms with van der Waals surface area (Å²) in [5.74, 6) is 5.19. The van der Waals surface area contributed by atoms with Crippen LogP contribution in [0.3, 0.4) is 0 Å². The maximum absolute atomic E-state index is 10.7. The summed E-state index contributed by atoms with van der Waals surface area (Å²) in [5.41, 5.74) is -0.423. The van der Waals surface area contributed by atoms with Gasteiger partial charge in [0, 0.05) is 6.20 Å². The van der Waals surface area contributed by atoms with Gasteiger partial charge in [-0.15, -0.1) is 0 Å². The second kappa shape index (κ2) is 2.55. The van der Waals surface area contributed by atoms with E-state index in [1.165, 1.54) is 6.20 Å². The van der Waals surface area contributed by atoms with Crippen molar-refractivity contribution >= 4 is 28.1 Å². The zero-order valence-electron chi connectivity index (χ0n) is 4.80. The highest BCUT2D eigenvalue weighted by molar-refractivity contribution is 9.10. The number of H-pyrrole nitrogens is 1. The summed E-state index contributed by atoms with van der Waals surface area (Å²) in [4.78, 5) is 13.0. The molecule has 0 spiro atoms. The van der Waals surface area contributed by atoms with Gasteiger partial charge in [-0.25, -0.2) is 9.47 Å². The summed E-state index contributed by atoms with van der Waals surface area (Å²) in [5, 5.41) is 0. The fourth-order valence-electron chi connectivity index (χ4n) is 0.461. The van der Waals surface area contributed by atoms with Crippen molar-refractivity contribution in [2.75, 3.05) is 5.84 Å². The zero-order valence-corrected chi connectivity index (χ0v) is 7.20. The smallest absolute Gasteiger partial charge is 0.335 e. The molecule has 10 heavy (non-hydrogen) atoms. The highest BCUT2D eigenvalue weighted by Crippen LogP contribution is 2.04. The fraction of sp³-hybridized carbons (Fsp3) is 0. The number of hydrogen-bond acceptors (Lipinski definition) is 3. The number of aromatic amines is 1. The second-order valence-corrected chi connectivity index (χ2v) is 2.91. The van der Waals surface area contributed by atoms with Crippen LogP contribution in [-0.4, -0.2) is 9.66 Å². The Balaban J connectivity index is 3.59. The number of nitrogen functional groups attached to an aromatic ring is 1. The molecule has 0 aliphatic heterocycles. The molecular formula is C4H4BrN3OS. The van der Waals surface area contributed by atoms with Crippen LogP contribution in [0.2, 0.25) is 0 Å². The molecule has 0 aromatic carbocycles. The first kappa shape index (κ1) is 7.49. The molecule has 0 aliphatic rings. The second-order valence-electron chi connectivity index (χ2n) is 1.64. The molecule has 0 fully saturated rings. The normalized spacial score (nSPS) is 9.70. The number of aromatic nitrogens is 2. The Bertz CT molecular complexity index is 323. The molecule has 1 heterocycles. The van der Waals surface area contributed by atoms with Crippen LogP contribution in [0, 0.1) is 4.64 Å². The van der Waals surface area contributed by atoms with Crippen LogP contribution in [0.25, 0.3) is 0 Å². The van der Waals surface area contributed by atoms with Crippen molar-refractivity contribution in [2.45, 2.75) is 0 Å². The number of rotatable bonds is 0. The van der Waals surface area contributed by atoms with Crippen molar-refractivity contribution < 1.29 is 0 Å². The van der Waals surface area contributed by atoms with Gasteiger partial charge in [-0.1, -0.05) is 12.2 Å². The first-order valence-corrected chi connectivity index (χ1v) is 3.58. The predicted molar refractivity (Wildman–Crippen MR) is 43.7 cm³/mol. The molecule has 3 N–H and O–H groups in total. The Morgan fingerprint density at radius 2 is 2.40 bits per heavy atom. The highest BCUT2D eigenvalue weighted by Gasteiger charge is 1.93. The van der Waals surface area contributed by atoms with Crippen LogP contribution in [0.4, 0.5) is 0 Å². The molecule has 0 unspecified atom stereocenters. The van der Waals surface area contributed by atoms with Gasteiger partial charge in [0.15, 0.2) is 0 Å². The van der Waals surface area contributed by atoms with Crippen LogP contribution in [0.15, 0.2) is 15.5 Å². The Kier molecular flexibility index (Phi) is 1.91. The molecular weight excluding hydrogens is 218 g/mol. The van der Waals surface area contributed by atoms with E-state index in [0.29, 0.717) is 9.11 Å². The molecule has 1 aromatic heterocycles. The molecule has 0 aliphatic carbocycles. The van der Waals surface area contributed by atoms with E-state index < -0.39 is 5.69 Å². The molecule has 0 saturated heterocycles. The van der Waals surface area contributed by atoms with Gasteiger partial charge >= 0.3 is 5.69 Å². The maximum atomic E-state index is 10.7. The van der Waals surface area contributed by atoms with Gasteiger partial charge in [-0.2, -0.15) is 0 Å². The molecule has 54 valence electrons. The summed E-state index contributed by atoms with van der Waals surface area (Å²) in [7, 11) is 0. The molecule has 1 aromatic rings. The summed E-state index contributed by atoms with van der Waals surface area (Å²) in [6, 6.07) is 0. The maximum Gasteiger partial charge on any atom is 0.344 e. The number of halogens is 1. The monoisotopic (exact) mass is 221 g/mol. The number of nitrogens with one attached hydrogen (secondary N) is 1. The molecule has 6 heteroatoms. The molecule has 0 amide bonds. The first-order chi connectivity index (χ1) is 4.61. The zero-order chi connectivity index (χ0) is 7.72. The van der Waals surface area contributed by atoms with E-state index in [-0.39, 0.29) is 0 Å². The van der Waals surface area contributed by atoms with Crippen LogP contribution < -0.4 is 11.5 Å². The van der Waals surface area contributed by atoms with Gasteiger partial charge < -0.3 is 5.84 Å². The molecule has 4 nitrogen and oxygen atoms in total. The summed E-state index contributed by atoms with van der Waals surface area (Å²) >= 11 is 7.83. The quantitative estimate of drug-likeness (QED) is 0.492. The van der Waals surface area contributed by atoms with E-state index in [4.69, 9.17) is 18.1 Å². The van der Waals surface area contributed by atoms with Gasteiger partial charge in [-0.3, -0.25) is 4.98 Å². The lowest BCUT2D eigenvalue weighted by atomic mass is 10.7. The van der Waals surface area contributed by atoms with Crippen molar-refractivity contribution in [2.24, 2.45) is 0 Å². The lowest BCUT2D eigenvalue weighted by Crippen LogP contribution is -2.28. The minimum Gasteiger partial charge on any atom is -0.335 e. The third-order valence-corrected chi connectivity index (χ3v) is 2.11. The Hall–Kier alpha value is -0.620. The van der Waals surface area contributed by atoms with Gasteiger partial charge in [0.2, 0.25) is 0 Å². The Labute approximate surface area is 69.8 Å². The van der Waals surface area contributed by atoms with Crippen LogP contribution >= 0.6 is 28.1 Å². The minimum atomic E-state index is -0.423. The first-order valence-electron chi connectivity index (χ1n) is 2.38. The van der Waals surface area contributed by atoms with Gasteiger partial charge in [0.05, 0.1) is 4.47 Å². The van der Waals surface area contributed by atoms with Crippen LogP contribution in [0.5, 0.6) is 0 Å². The summed E-state index contributed by atoms with van der Waals surface area (Å²) in [6.07, 6.45) is 1.40. The van der Waals surface area contributed by atoms with Crippen molar-refractivity contribution in [3.63, 3.8) is 0 Å². The van der Waals surface area contributed by atoms with Gasteiger partial charge in [0.1, 0.15) is 4.64 Å². The highest BCUT2D eigenvalue weighted by atomic mass is 79.9. The number of nitrogens with two attached hydrogens (primary N) is 1. The standard InChI is InChI=1S/C4H4BrN3OS/c5-2-1-8(6)4(9)7-3(2)10/h1H,6H2,(H,7,9,10). The largest absolute Gasteiger partial charge is 0.344 e. The van der Waals surface area contributed by atoms with E-state index in [1.807, 2.05) is 0 Å². The molecule has 0 atom stereocenters. The van der Waals surface area contributed by atoms with Crippen molar-refractivity contribution in [1.29, 1.82) is 0 Å². The third-order valence-electron chi connectivity index (χ3n) is 0.924. The topological polar surface area (TPSA) is 63.8 Å². The molecule has 0 bridgehead atoms. The van der Waals surface area contributed by atoms with Crippen LogP contribution in [-0.2, 0) is 0 Å². The van der Waals surface area contributed by atoms with E-state index in [1.54, 1.807) is 0 Å². The van der Waals surface area contributed by atoms with Gasteiger partial charge in [-0.05, 0) is 15.9 Å². The van der Waals surface area contributed by atoms with E-state index in [9.17, 15) is 4.79 Å². The minimum absolute atomic E-state index is 0.353. The Morgan fingerprint density at radius 3 is 2.90 bits per heavy atom. The van der Waals surface area contributed by atoms with Crippen LogP contribution in [0.1, 0.15) is 0 Å². The SMILES string of the molecule is Nn1cc(Br)c(=S)[nH]c1=O. The molecule has 1 rings (SSSR count). The van der Waals surface area contributed by atoms with E-state index in [2.05, 4.69) is 20.9 Å². The number of nitrogens with zero attached hydrogens (tertiary/aromatic N) is 1.